The van der Waals surface area contributed by atoms with E-state index in [1.165, 1.54) is 0 Å². The average Bonchev–Trinajstić information content (AvgIpc) is 3.77. The predicted molar refractivity (Wildman–Crippen MR) is 180 cm³/mol. The molecule has 0 amide bonds. The van der Waals surface area contributed by atoms with Gasteiger partial charge in [0.1, 0.15) is 12.4 Å². The maximum Gasteiger partial charge on any atom is 0.213 e. The van der Waals surface area contributed by atoms with Gasteiger partial charge in [-0.2, -0.15) is 15.3 Å². The molecule has 6 heterocycles. The number of ether oxygens (including phenoxy) is 2. The number of rotatable bonds is 8. The van der Waals surface area contributed by atoms with Crippen molar-refractivity contribution in [2.45, 2.75) is 33.4 Å². The molecule has 1 saturated heterocycles. The maximum absolute atomic E-state index is 5.91. The van der Waals surface area contributed by atoms with Gasteiger partial charge in [0.15, 0.2) is 5.65 Å². The third-order valence-electron chi connectivity index (χ3n) is 7.86. The molecular formula is C31H31IN9O2P. The molecule has 11 nitrogen and oxygen atoms in total. The zero-order valence-electron chi connectivity index (χ0n) is 24.6. The summed E-state index contributed by atoms with van der Waals surface area (Å²) in [6, 6.07) is 18.3. The summed E-state index contributed by atoms with van der Waals surface area (Å²) >= 11 is 2.35. The zero-order valence-corrected chi connectivity index (χ0v) is 27.7. The lowest BCUT2D eigenvalue weighted by atomic mass is 10.1. The normalized spacial score (nSPS) is 15.5. The van der Waals surface area contributed by atoms with Crippen LogP contribution in [0.15, 0.2) is 73.2 Å². The van der Waals surface area contributed by atoms with Crippen molar-refractivity contribution in [3.8, 4) is 34.1 Å². The van der Waals surface area contributed by atoms with E-state index in [0.717, 1.165) is 63.2 Å². The summed E-state index contributed by atoms with van der Waals surface area (Å²) in [5.74, 6) is 1.45. The van der Waals surface area contributed by atoms with E-state index in [4.69, 9.17) is 24.7 Å². The Morgan fingerprint density at radius 2 is 1.91 bits per heavy atom. The van der Waals surface area contributed by atoms with Crippen LogP contribution in [0.4, 0.5) is 5.82 Å². The molecule has 224 valence electrons. The van der Waals surface area contributed by atoms with E-state index in [-0.39, 0.29) is 6.04 Å². The zero-order chi connectivity index (χ0) is 30.2. The lowest BCUT2D eigenvalue weighted by Crippen LogP contribution is -2.44. The second-order valence-electron chi connectivity index (χ2n) is 10.7. The SMILES string of the molecule is Cc1nn(-c2ccc(OCc3ccccc3)nc2)c(C)c1-c1cc(N2CCOC[C@H]2C)nc2c(-c3ccnn3PI)cnn12. The van der Waals surface area contributed by atoms with Crippen molar-refractivity contribution in [3.63, 3.8) is 0 Å². The number of hydrogen-bond acceptors (Lipinski definition) is 8. The first-order chi connectivity index (χ1) is 21.5. The molecule has 0 aliphatic carbocycles. The smallest absolute Gasteiger partial charge is 0.213 e. The second kappa shape index (κ2) is 12.3. The molecular weight excluding hydrogens is 688 g/mol. The summed E-state index contributed by atoms with van der Waals surface area (Å²) < 4.78 is 17.5. The maximum atomic E-state index is 5.91. The highest BCUT2D eigenvalue weighted by atomic mass is 127. The van der Waals surface area contributed by atoms with Crippen molar-refractivity contribution >= 4 is 39.9 Å². The van der Waals surface area contributed by atoms with Crippen LogP contribution in [-0.4, -0.2) is 64.7 Å². The molecule has 6 aromatic rings. The van der Waals surface area contributed by atoms with Crippen LogP contribution in [0.3, 0.4) is 0 Å². The topological polar surface area (TPSA) is 100 Å². The van der Waals surface area contributed by atoms with Crippen molar-refractivity contribution in [1.29, 1.82) is 0 Å². The first-order valence-electron chi connectivity index (χ1n) is 14.4. The number of morpholine rings is 1. The number of nitrogens with zero attached hydrogens (tertiary/aromatic N) is 9. The third kappa shape index (κ3) is 5.35. The molecule has 0 N–H and O–H groups in total. The van der Waals surface area contributed by atoms with Crippen molar-refractivity contribution in [1.82, 2.24) is 38.9 Å². The quantitative estimate of drug-likeness (QED) is 0.139. The summed E-state index contributed by atoms with van der Waals surface area (Å²) in [5.41, 5.74) is 8.44. The largest absolute Gasteiger partial charge is 0.473 e. The van der Waals surface area contributed by atoms with E-state index in [0.29, 0.717) is 32.1 Å². The van der Waals surface area contributed by atoms with Gasteiger partial charge >= 0.3 is 0 Å². The Bertz CT molecular complexity index is 1920. The van der Waals surface area contributed by atoms with Gasteiger partial charge in [-0.05, 0) is 60.5 Å². The number of hydrogen-bond donors (Lipinski definition) is 0. The highest BCUT2D eigenvalue weighted by Crippen LogP contribution is 2.37. The van der Waals surface area contributed by atoms with Gasteiger partial charge in [0.2, 0.25) is 5.88 Å². The number of fused-ring (bicyclic) bond motifs is 1. The second-order valence-corrected chi connectivity index (χ2v) is 12.7. The molecule has 2 atom stereocenters. The van der Waals surface area contributed by atoms with Crippen LogP contribution in [0.2, 0.25) is 0 Å². The monoisotopic (exact) mass is 719 g/mol. The lowest BCUT2D eigenvalue weighted by molar-refractivity contribution is 0.0985. The summed E-state index contributed by atoms with van der Waals surface area (Å²) in [6.07, 6.45) is 5.96. The number of pyridine rings is 1. The minimum Gasteiger partial charge on any atom is -0.473 e. The number of aryl methyl sites for hydroxylation is 1. The number of aromatic nitrogens is 8. The van der Waals surface area contributed by atoms with Crippen LogP contribution in [0.5, 0.6) is 5.88 Å². The molecule has 1 aromatic carbocycles. The Morgan fingerprint density at radius 3 is 2.68 bits per heavy atom. The highest BCUT2D eigenvalue weighted by Gasteiger charge is 2.26. The molecule has 0 saturated carbocycles. The van der Waals surface area contributed by atoms with Gasteiger partial charge in [0.05, 0.1) is 72.0 Å². The third-order valence-corrected chi connectivity index (χ3v) is 9.75. The molecule has 13 heteroatoms. The van der Waals surface area contributed by atoms with Crippen molar-refractivity contribution < 1.29 is 9.47 Å². The van der Waals surface area contributed by atoms with Crippen LogP contribution in [0, 0.1) is 13.8 Å². The van der Waals surface area contributed by atoms with E-state index in [2.05, 4.69) is 56.9 Å². The minimum atomic E-state index is 0.192. The van der Waals surface area contributed by atoms with Gasteiger partial charge < -0.3 is 14.4 Å². The molecule has 1 fully saturated rings. The fourth-order valence-electron chi connectivity index (χ4n) is 5.68. The molecule has 0 radical (unpaired) electrons. The molecule has 7 rings (SSSR count). The van der Waals surface area contributed by atoms with Crippen molar-refractivity contribution in [2.75, 3.05) is 24.7 Å². The lowest BCUT2D eigenvalue weighted by Gasteiger charge is -2.34. The summed E-state index contributed by atoms with van der Waals surface area (Å²) in [4.78, 5) is 12.1. The Kier molecular flexibility index (Phi) is 8.04. The number of halogens is 1. The van der Waals surface area contributed by atoms with Gasteiger partial charge in [0.25, 0.3) is 0 Å². The Morgan fingerprint density at radius 1 is 1.05 bits per heavy atom. The summed E-state index contributed by atoms with van der Waals surface area (Å²) in [5, 5.41) is 14.3. The molecule has 5 aromatic heterocycles. The molecule has 1 unspecified atom stereocenters. The number of benzene rings is 1. The van der Waals surface area contributed by atoms with Crippen LogP contribution >= 0.6 is 28.4 Å². The fourth-order valence-corrected chi connectivity index (χ4v) is 7.23. The van der Waals surface area contributed by atoms with Crippen LogP contribution in [0.25, 0.3) is 33.8 Å². The van der Waals surface area contributed by atoms with Crippen molar-refractivity contribution in [3.05, 3.63) is 90.1 Å². The van der Waals surface area contributed by atoms with E-state index < -0.39 is 0 Å². The first kappa shape index (κ1) is 28.9. The first-order valence-corrected chi connectivity index (χ1v) is 18.4. The van der Waals surface area contributed by atoms with Gasteiger partial charge in [0, 0.05) is 30.4 Å². The Hall–Kier alpha value is -3.87. The van der Waals surface area contributed by atoms with Gasteiger partial charge in [-0.1, -0.05) is 30.3 Å². The Balaban J connectivity index is 1.30. The molecule has 1 aliphatic rings. The highest BCUT2D eigenvalue weighted by molar-refractivity contribution is 14.2. The molecule has 1 aliphatic heterocycles. The van der Waals surface area contributed by atoms with Gasteiger partial charge in [-0.15, -0.1) is 0 Å². The molecule has 0 spiro atoms. The summed E-state index contributed by atoms with van der Waals surface area (Å²) in [7, 11) is 0. The van der Waals surface area contributed by atoms with E-state index in [1.54, 1.807) is 6.20 Å². The number of anilines is 1. The van der Waals surface area contributed by atoms with Gasteiger partial charge in [-0.3, -0.25) is 0 Å². The van der Waals surface area contributed by atoms with E-state index in [9.17, 15) is 0 Å². The molecule has 44 heavy (non-hydrogen) atoms. The van der Waals surface area contributed by atoms with Crippen LogP contribution < -0.4 is 9.64 Å². The minimum absolute atomic E-state index is 0.192. The standard InChI is InChI=1S/C31H31IN9O2P/c1-20-18-42-14-13-38(20)28-15-27(40-31(36-28)25(17-35-40)26-11-12-34-41(26)44-32)30-21(2)37-39(22(30)3)24-9-10-29(33-16-24)43-19-23-7-5-4-6-8-23/h4-12,15-17,20,44H,13-14,18-19H2,1-3H3/t20-/m1/s1. The molecule has 0 bridgehead atoms. The van der Waals surface area contributed by atoms with Gasteiger partial charge in [-0.25, -0.2) is 23.6 Å². The Labute approximate surface area is 269 Å². The summed E-state index contributed by atoms with van der Waals surface area (Å²) in [6.45, 7) is 8.83. The van der Waals surface area contributed by atoms with E-state index in [1.807, 2.05) is 81.5 Å². The predicted octanol–water partition coefficient (Wildman–Crippen LogP) is 6.05. The average molecular weight is 720 g/mol. The van der Waals surface area contributed by atoms with Crippen molar-refractivity contribution in [2.24, 2.45) is 0 Å². The fraction of sp³-hybridized carbons (Fsp3) is 0.258. The van der Waals surface area contributed by atoms with E-state index >= 15 is 0 Å². The van der Waals surface area contributed by atoms with Crippen LogP contribution in [-0.2, 0) is 11.3 Å². The van der Waals surface area contributed by atoms with Crippen LogP contribution in [0.1, 0.15) is 23.9 Å².